The average Bonchev–Trinajstić information content (AvgIpc) is 2.28. The summed E-state index contributed by atoms with van der Waals surface area (Å²) in [5.74, 6) is -1.09. The van der Waals surface area contributed by atoms with Crippen LogP contribution in [0.3, 0.4) is 0 Å². The number of carboxylic acid groups (broad SMARTS) is 1. The highest BCUT2D eigenvalue weighted by molar-refractivity contribution is 7.87. The van der Waals surface area contributed by atoms with Gasteiger partial charge in [0, 0.05) is 13.1 Å². The van der Waals surface area contributed by atoms with Crippen molar-refractivity contribution in [2.75, 3.05) is 19.7 Å². The molecule has 1 rings (SSSR count). The summed E-state index contributed by atoms with van der Waals surface area (Å²) >= 11 is 0. The van der Waals surface area contributed by atoms with E-state index < -0.39 is 22.1 Å². The van der Waals surface area contributed by atoms with Gasteiger partial charge in [0.15, 0.2) is 0 Å². The Morgan fingerprint density at radius 1 is 1.44 bits per heavy atom. The first-order chi connectivity index (χ1) is 8.33. The number of nitrogens with one attached hydrogen (secondary N) is 1. The first-order valence-electron chi connectivity index (χ1n) is 5.94. The van der Waals surface area contributed by atoms with Crippen molar-refractivity contribution in [3.63, 3.8) is 0 Å². The average molecular weight is 280 g/mol. The topological polar surface area (TPSA) is 95.9 Å². The van der Waals surface area contributed by atoms with E-state index in [1.807, 2.05) is 13.8 Å². The number of carbonyl (C=O) groups is 1. The summed E-state index contributed by atoms with van der Waals surface area (Å²) < 4.78 is 24.8. The lowest BCUT2D eigenvalue weighted by Gasteiger charge is -2.28. The zero-order valence-electron chi connectivity index (χ0n) is 10.6. The molecule has 0 radical (unpaired) electrons. The van der Waals surface area contributed by atoms with Crippen molar-refractivity contribution in [1.82, 2.24) is 9.19 Å². The van der Waals surface area contributed by atoms with Gasteiger partial charge >= 0.3 is 16.2 Å². The molecule has 1 heterocycles. The molecule has 0 unspecified atom stereocenters. The molecule has 106 valence electrons. The van der Waals surface area contributed by atoms with Gasteiger partial charge in [0.25, 0.3) is 0 Å². The number of hydrogen-bond acceptors (Lipinski definition) is 4. The van der Waals surface area contributed by atoms with Gasteiger partial charge in [0.1, 0.15) is 0 Å². The van der Waals surface area contributed by atoms with Gasteiger partial charge in [0.05, 0.1) is 12.5 Å². The predicted octanol–water partition coefficient (Wildman–Crippen LogP) is 0.205. The summed E-state index contributed by atoms with van der Waals surface area (Å²) in [6, 6.07) is 0. The quantitative estimate of drug-likeness (QED) is 0.678. The highest BCUT2D eigenvalue weighted by atomic mass is 32.2. The molecule has 0 aromatic carbocycles. The van der Waals surface area contributed by atoms with E-state index in [9.17, 15) is 13.2 Å². The lowest BCUT2D eigenvalue weighted by atomic mass is 9.99. The lowest BCUT2D eigenvalue weighted by molar-refractivity contribution is -0.142. The smallest absolute Gasteiger partial charge is 0.306 e. The number of rotatable bonds is 6. The highest BCUT2D eigenvalue weighted by Gasteiger charge is 2.31. The third-order valence-corrected chi connectivity index (χ3v) is 4.10. The number of nitrogens with zero attached hydrogens (tertiary/aromatic N) is 1. The molecular weight excluding hydrogens is 260 g/mol. The zero-order valence-corrected chi connectivity index (χ0v) is 11.4. The molecule has 0 aromatic heterocycles. The van der Waals surface area contributed by atoms with Crippen LogP contribution in [0.5, 0.6) is 0 Å². The maximum atomic E-state index is 11.8. The van der Waals surface area contributed by atoms with E-state index >= 15 is 0 Å². The van der Waals surface area contributed by atoms with Crippen LogP contribution in [0, 0.1) is 11.8 Å². The normalized spacial score (nSPS) is 19.3. The third kappa shape index (κ3) is 4.52. The maximum Gasteiger partial charge on any atom is 0.306 e. The second kappa shape index (κ2) is 6.46. The Bertz CT molecular complexity index is 374. The largest absolute Gasteiger partial charge is 0.481 e. The molecule has 0 amide bonds. The van der Waals surface area contributed by atoms with Gasteiger partial charge < -0.3 is 5.11 Å². The maximum absolute atomic E-state index is 11.8. The highest BCUT2D eigenvalue weighted by Crippen LogP contribution is 2.19. The van der Waals surface area contributed by atoms with Crippen LogP contribution < -0.4 is 4.89 Å². The molecule has 1 fully saturated rings. The molecule has 0 aromatic rings. The molecule has 0 bridgehead atoms. The van der Waals surface area contributed by atoms with Gasteiger partial charge in [-0.05, 0) is 18.8 Å². The first-order valence-corrected chi connectivity index (χ1v) is 7.38. The van der Waals surface area contributed by atoms with Crippen LogP contribution in [0.15, 0.2) is 0 Å². The van der Waals surface area contributed by atoms with Crippen LogP contribution in [0.2, 0.25) is 0 Å². The molecule has 18 heavy (non-hydrogen) atoms. The fourth-order valence-corrected chi connectivity index (χ4v) is 2.68. The molecule has 0 saturated carbocycles. The molecule has 0 spiro atoms. The van der Waals surface area contributed by atoms with Crippen LogP contribution in [0.1, 0.15) is 26.7 Å². The van der Waals surface area contributed by atoms with Crippen molar-refractivity contribution in [2.45, 2.75) is 26.7 Å². The van der Waals surface area contributed by atoms with Crippen LogP contribution in [0.25, 0.3) is 0 Å². The Morgan fingerprint density at radius 3 is 2.44 bits per heavy atom. The Balaban J connectivity index is 2.43. The predicted molar refractivity (Wildman–Crippen MR) is 64.8 cm³/mol. The Labute approximate surface area is 107 Å². The van der Waals surface area contributed by atoms with Crippen molar-refractivity contribution >= 4 is 16.2 Å². The number of aliphatic carboxylic acids is 1. The second-order valence-electron chi connectivity index (χ2n) is 4.80. The van der Waals surface area contributed by atoms with Gasteiger partial charge in [-0.2, -0.15) is 12.7 Å². The third-order valence-electron chi connectivity index (χ3n) is 2.72. The molecule has 0 atom stereocenters. The van der Waals surface area contributed by atoms with Gasteiger partial charge in [-0.1, -0.05) is 18.7 Å². The van der Waals surface area contributed by atoms with E-state index in [2.05, 4.69) is 4.89 Å². The van der Waals surface area contributed by atoms with Crippen molar-refractivity contribution in [3.8, 4) is 0 Å². The van der Waals surface area contributed by atoms with E-state index in [0.29, 0.717) is 19.4 Å². The van der Waals surface area contributed by atoms with E-state index in [-0.39, 0.29) is 19.0 Å². The first kappa shape index (κ1) is 15.4. The second-order valence-corrected chi connectivity index (χ2v) is 6.44. The Kier molecular flexibility index (Phi) is 5.51. The summed E-state index contributed by atoms with van der Waals surface area (Å²) in [7, 11) is -3.66. The molecule has 2 N–H and O–H groups in total. The fraction of sp³-hybridized carbons (Fsp3) is 0.900. The Morgan fingerprint density at radius 2 is 2.00 bits per heavy atom. The summed E-state index contributed by atoms with van der Waals surface area (Å²) in [5, 5.41) is 8.82. The molecule has 1 saturated heterocycles. The van der Waals surface area contributed by atoms with Gasteiger partial charge in [-0.15, -0.1) is 0 Å². The minimum Gasteiger partial charge on any atom is -0.481 e. The van der Waals surface area contributed by atoms with Crippen molar-refractivity contribution in [3.05, 3.63) is 0 Å². The van der Waals surface area contributed by atoms with Crippen molar-refractivity contribution in [1.29, 1.82) is 0 Å². The van der Waals surface area contributed by atoms with E-state index in [1.54, 1.807) is 0 Å². The number of hydrogen-bond donors (Lipinski definition) is 2. The molecule has 0 aliphatic carbocycles. The van der Waals surface area contributed by atoms with Gasteiger partial charge in [0.2, 0.25) is 0 Å². The van der Waals surface area contributed by atoms with Crippen LogP contribution in [-0.4, -0.2) is 43.5 Å². The van der Waals surface area contributed by atoms with Gasteiger partial charge in [-0.25, -0.2) is 0 Å². The molecular formula is C10H20N2O5S. The lowest BCUT2D eigenvalue weighted by Crippen LogP contribution is -2.46. The standard InChI is InChI=1S/C10H20N2O5S/c1-8(2)7-17-11-18(15,16)12-5-3-9(4-6-12)10(13)14/h8-9,11H,3-7H2,1-2H3,(H,13,14). The van der Waals surface area contributed by atoms with Crippen molar-refractivity contribution < 1.29 is 23.2 Å². The van der Waals surface area contributed by atoms with E-state index in [1.165, 1.54) is 4.31 Å². The number of carboxylic acids is 1. The fourth-order valence-electron chi connectivity index (χ4n) is 1.67. The van der Waals surface area contributed by atoms with E-state index in [0.717, 1.165) is 0 Å². The summed E-state index contributed by atoms with van der Waals surface area (Å²) in [4.78, 5) is 17.7. The van der Waals surface area contributed by atoms with Gasteiger partial charge in [-0.3, -0.25) is 9.63 Å². The molecule has 1 aliphatic heterocycles. The van der Waals surface area contributed by atoms with Crippen LogP contribution in [-0.2, 0) is 19.8 Å². The SMILES string of the molecule is CC(C)CONS(=O)(=O)N1CCC(C(=O)O)CC1. The Hall–Kier alpha value is -0.700. The molecule has 8 heteroatoms. The zero-order chi connectivity index (χ0) is 13.8. The summed E-state index contributed by atoms with van der Waals surface area (Å²) in [6.07, 6.45) is 0.668. The van der Waals surface area contributed by atoms with Crippen LogP contribution in [0.4, 0.5) is 0 Å². The summed E-state index contributed by atoms with van der Waals surface area (Å²) in [6.45, 7) is 4.53. The number of piperidine rings is 1. The summed E-state index contributed by atoms with van der Waals surface area (Å²) in [5.41, 5.74) is 0. The monoisotopic (exact) mass is 280 g/mol. The minimum absolute atomic E-state index is 0.206. The van der Waals surface area contributed by atoms with E-state index in [4.69, 9.17) is 9.94 Å². The minimum atomic E-state index is -3.66. The molecule has 7 nitrogen and oxygen atoms in total. The van der Waals surface area contributed by atoms with Crippen molar-refractivity contribution in [2.24, 2.45) is 11.8 Å². The molecule has 1 aliphatic rings. The van der Waals surface area contributed by atoms with Crippen LogP contribution >= 0.6 is 0 Å².